The number of nitrogens with zero attached hydrogens (tertiary/aromatic N) is 1. The monoisotopic (exact) mass is 277 g/mol. The molecule has 0 saturated heterocycles. The van der Waals surface area contributed by atoms with Crippen molar-refractivity contribution in [1.29, 1.82) is 5.26 Å². The molecule has 0 spiro atoms. The molecule has 0 radical (unpaired) electrons. The van der Waals surface area contributed by atoms with Gasteiger partial charge in [0.05, 0.1) is 5.56 Å². The number of hydrogen-bond donors (Lipinski definition) is 0. The summed E-state index contributed by atoms with van der Waals surface area (Å²) < 4.78 is 41.5. The summed E-state index contributed by atoms with van der Waals surface area (Å²) >= 11 is 0. The first kappa shape index (κ1) is 13.1. The molecule has 0 aliphatic heterocycles. The van der Waals surface area contributed by atoms with Crippen molar-refractivity contribution >= 4 is 10.1 Å². The Kier molecular flexibility index (Phi) is 3.49. The van der Waals surface area contributed by atoms with E-state index in [1.165, 1.54) is 12.1 Å². The molecule has 0 atom stereocenters. The number of nitriles is 1. The van der Waals surface area contributed by atoms with E-state index < -0.39 is 15.9 Å². The van der Waals surface area contributed by atoms with E-state index in [-0.39, 0.29) is 16.2 Å². The standard InChI is InChI=1S/C13H8FNO3S/c14-11-5-7-12(8-6-11)19(16,17)18-13-4-2-1-3-10(13)9-15/h1-8H. The van der Waals surface area contributed by atoms with Crippen LogP contribution in [-0.4, -0.2) is 8.42 Å². The van der Waals surface area contributed by atoms with Crippen molar-refractivity contribution in [1.82, 2.24) is 0 Å². The molecule has 19 heavy (non-hydrogen) atoms. The SMILES string of the molecule is N#Cc1ccccc1OS(=O)(=O)c1ccc(F)cc1. The van der Waals surface area contributed by atoms with E-state index in [9.17, 15) is 12.8 Å². The van der Waals surface area contributed by atoms with E-state index in [1.807, 2.05) is 6.07 Å². The van der Waals surface area contributed by atoms with Gasteiger partial charge in [-0.15, -0.1) is 0 Å². The van der Waals surface area contributed by atoms with Gasteiger partial charge in [-0.25, -0.2) is 4.39 Å². The van der Waals surface area contributed by atoms with Crippen LogP contribution in [0.4, 0.5) is 4.39 Å². The molecule has 0 aliphatic rings. The number of rotatable bonds is 3. The Balaban J connectivity index is 2.37. The van der Waals surface area contributed by atoms with Crippen molar-refractivity contribution < 1.29 is 17.0 Å². The third kappa shape index (κ3) is 2.89. The molecular formula is C13H8FNO3S. The number of para-hydroxylation sites is 1. The fourth-order valence-electron chi connectivity index (χ4n) is 1.40. The molecule has 0 N–H and O–H groups in total. The number of hydrogen-bond acceptors (Lipinski definition) is 4. The van der Waals surface area contributed by atoms with Gasteiger partial charge < -0.3 is 4.18 Å². The van der Waals surface area contributed by atoms with E-state index in [2.05, 4.69) is 0 Å². The quantitative estimate of drug-likeness (QED) is 0.808. The average Bonchev–Trinajstić information content (AvgIpc) is 2.39. The second-order valence-electron chi connectivity index (χ2n) is 3.60. The molecule has 0 heterocycles. The Morgan fingerprint density at radius 3 is 2.32 bits per heavy atom. The molecule has 2 aromatic rings. The van der Waals surface area contributed by atoms with Crippen LogP contribution in [0.2, 0.25) is 0 Å². The van der Waals surface area contributed by atoms with Crippen molar-refractivity contribution in [2.24, 2.45) is 0 Å². The predicted octanol–water partition coefficient (Wildman–Crippen LogP) is 2.47. The molecule has 96 valence electrons. The van der Waals surface area contributed by atoms with Gasteiger partial charge in [0.2, 0.25) is 0 Å². The Labute approximate surface area is 109 Å². The highest BCUT2D eigenvalue weighted by Gasteiger charge is 2.18. The molecule has 0 unspecified atom stereocenters. The van der Waals surface area contributed by atoms with Gasteiger partial charge in [-0.3, -0.25) is 0 Å². The Hall–Kier alpha value is -2.39. The van der Waals surface area contributed by atoms with Gasteiger partial charge in [-0.1, -0.05) is 12.1 Å². The number of benzene rings is 2. The normalized spacial score (nSPS) is 10.7. The second-order valence-corrected chi connectivity index (χ2v) is 5.15. The summed E-state index contributed by atoms with van der Waals surface area (Å²) in [5, 5.41) is 8.85. The van der Waals surface area contributed by atoms with E-state index >= 15 is 0 Å². The first-order chi connectivity index (χ1) is 9.03. The minimum absolute atomic E-state index is 0.0608. The van der Waals surface area contributed by atoms with Gasteiger partial charge in [0.25, 0.3) is 0 Å². The van der Waals surface area contributed by atoms with Gasteiger partial charge in [-0.2, -0.15) is 13.7 Å². The van der Waals surface area contributed by atoms with Crippen molar-refractivity contribution in [2.45, 2.75) is 4.90 Å². The topological polar surface area (TPSA) is 67.2 Å². The fraction of sp³-hybridized carbons (Fsp3) is 0. The van der Waals surface area contributed by atoms with E-state index in [1.54, 1.807) is 12.1 Å². The smallest absolute Gasteiger partial charge is 0.339 e. The van der Waals surface area contributed by atoms with E-state index in [0.717, 1.165) is 24.3 Å². The van der Waals surface area contributed by atoms with Crippen LogP contribution in [0.25, 0.3) is 0 Å². The zero-order valence-corrected chi connectivity index (χ0v) is 10.4. The van der Waals surface area contributed by atoms with Gasteiger partial charge in [0.1, 0.15) is 16.8 Å². The lowest BCUT2D eigenvalue weighted by Crippen LogP contribution is -2.10. The second kappa shape index (κ2) is 5.08. The molecule has 2 aromatic carbocycles. The number of halogens is 1. The van der Waals surface area contributed by atoms with Crippen LogP contribution >= 0.6 is 0 Å². The third-order valence-corrected chi connectivity index (χ3v) is 3.56. The lowest BCUT2D eigenvalue weighted by molar-refractivity contribution is 0.485. The molecule has 2 rings (SSSR count). The lowest BCUT2D eigenvalue weighted by atomic mass is 10.2. The Morgan fingerprint density at radius 1 is 1.05 bits per heavy atom. The molecule has 0 fully saturated rings. The van der Waals surface area contributed by atoms with E-state index in [4.69, 9.17) is 9.44 Å². The van der Waals surface area contributed by atoms with Crippen LogP contribution in [0.3, 0.4) is 0 Å². The zero-order chi connectivity index (χ0) is 13.9. The zero-order valence-electron chi connectivity index (χ0n) is 9.58. The molecule has 6 heteroatoms. The van der Waals surface area contributed by atoms with Gasteiger partial charge >= 0.3 is 10.1 Å². The van der Waals surface area contributed by atoms with Crippen molar-refractivity contribution in [2.75, 3.05) is 0 Å². The first-order valence-corrected chi connectivity index (χ1v) is 6.63. The first-order valence-electron chi connectivity index (χ1n) is 5.22. The summed E-state index contributed by atoms with van der Waals surface area (Å²) in [7, 11) is -4.08. The van der Waals surface area contributed by atoms with Crippen LogP contribution in [0.5, 0.6) is 5.75 Å². The maximum Gasteiger partial charge on any atom is 0.339 e. The van der Waals surface area contributed by atoms with Crippen LogP contribution in [-0.2, 0) is 10.1 Å². The largest absolute Gasteiger partial charge is 0.378 e. The fourth-order valence-corrected chi connectivity index (χ4v) is 2.35. The van der Waals surface area contributed by atoms with Crippen LogP contribution < -0.4 is 4.18 Å². The Morgan fingerprint density at radius 2 is 1.68 bits per heavy atom. The minimum Gasteiger partial charge on any atom is -0.378 e. The summed E-state index contributed by atoms with van der Waals surface area (Å²) in [6.07, 6.45) is 0. The summed E-state index contributed by atoms with van der Waals surface area (Å²) in [6.45, 7) is 0. The maximum atomic E-state index is 12.7. The van der Waals surface area contributed by atoms with Crippen molar-refractivity contribution in [3.63, 3.8) is 0 Å². The summed E-state index contributed by atoms with van der Waals surface area (Å²) in [4.78, 5) is -0.179. The van der Waals surface area contributed by atoms with Gasteiger partial charge in [-0.05, 0) is 36.4 Å². The Bertz CT molecular complexity index is 733. The maximum absolute atomic E-state index is 12.7. The molecule has 4 nitrogen and oxygen atoms in total. The predicted molar refractivity (Wildman–Crippen MR) is 65.4 cm³/mol. The minimum atomic E-state index is -4.08. The van der Waals surface area contributed by atoms with Crippen LogP contribution in [0.1, 0.15) is 5.56 Å². The molecule has 0 bridgehead atoms. The summed E-state index contributed by atoms with van der Waals surface area (Å²) in [5.41, 5.74) is 0.105. The summed E-state index contributed by atoms with van der Waals surface area (Å²) in [5.74, 6) is -0.606. The molecular weight excluding hydrogens is 269 g/mol. The summed E-state index contributed by atoms with van der Waals surface area (Å²) in [6, 6.07) is 12.0. The van der Waals surface area contributed by atoms with Crippen molar-refractivity contribution in [3.05, 3.63) is 59.9 Å². The third-order valence-electron chi connectivity index (χ3n) is 2.31. The molecule has 0 saturated carbocycles. The molecule has 0 amide bonds. The van der Waals surface area contributed by atoms with Crippen molar-refractivity contribution in [3.8, 4) is 11.8 Å². The lowest BCUT2D eigenvalue weighted by Gasteiger charge is -2.07. The van der Waals surface area contributed by atoms with Crippen LogP contribution in [0.15, 0.2) is 53.4 Å². The van der Waals surface area contributed by atoms with Gasteiger partial charge in [0.15, 0.2) is 5.75 Å². The van der Waals surface area contributed by atoms with Crippen LogP contribution in [0, 0.1) is 17.1 Å². The molecule has 0 aliphatic carbocycles. The average molecular weight is 277 g/mol. The molecule has 0 aromatic heterocycles. The highest BCUT2D eigenvalue weighted by molar-refractivity contribution is 7.87. The highest BCUT2D eigenvalue weighted by atomic mass is 32.2. The van der Waals surface area contributed by atoms with E-state index in [0.29, 0.717) is 0 Å². The highest BCUT2D eigenvalue weighted by Crippen LogP contribution is 2.22. The van der Waals surface area contributed by atoms with Gasteiger partial charge in [0, 0.05) is 0 Å².